The molecule has 2 amide bonds. The van der Waals surface area contributed by atoms with Crippen molar-refractivity contribution in [2.24, 2.45) is 0 Å². The summed E-state index contributed by atoms with van der Waals surface area (Å²) in [6.45, 7) is 6.23. The molecule has 2 fully saturated rings. The van der Waals surface area contributed by atoms with Crippen molar-refractivity contribution < 1.29 is 9.59 Å². The Bertz CT molecular complexity index is 394. The molecule has 2 rings (SSSR count). The Labute approximate surface area is 153 Å². The number of nitrogens with zero attached hydrogens (tertiary/aromatic N) is 2. The van der Waals surface area contributed by atoms with E-state index < -0.39 is 0 Å². The second kappa shape index (κ2) is 11.5. The molecule has 1 aliphatic heterocycles. The maximum absolute atomic E-state index is 12.4. The molecule has 0 atom stereocenters. The zero-order chi connectivity index (χ0) is 17.9. The van der Waals surface area contributed by atoms with Crippen molar-refractivity contribution in [2.75, 3.05) is 32.7 Å². The van der Waals surface area contributed by atoms with Gasteiger partial charge in [-0.3, -0.25) is 9.59 Å². The molecule has 1 N–H and O–H groups in total. The van der Waals surface area contributed by atoms with Gasteiger partial charge in [0, 0.05) is 32.2 Å². The fourth-order valence-electron chi connectivity index (χ4n) is 3.97. The molecule has 25 heavy (non-hydrogen) atoms. The van der Waals surface area contributed by atoms with Gasteiger partial charge in [-0.2, -0.15) is 0 Å². The van der Waals surface area contributed by atoms with Gasteiger partial charge in [0.25, 0.3) is 0 Å². The Hall–Kier alpha value is -1.10. The molecule has 0 spiro atoms. The zero-order valence-corrected chi connectivity index (χ0v) is 16.1. The van der Waals surface area contributed by atoms with Gasteiger partial charge < -0.3 is 15.1 Å². The monoisotopic (exact) mass is 351 g/mol. The van der Waals surface area contributed by atoms with Crippen molar-refractivity contribution in [2.45, 2.75) is 83.6 Å². The van der Waals surface area contributed by atoms with Crippen molar-refractivity contribution in [1.82, 2.24) is 15.1 Å². The third-order valence-electron chi connectivity index (χ3n) is 5.74. The predicted molar refractivity (Wildman–Crippen MR) is 101 cm³/mol. The molecule has 2 aliphatic rings. The summed E-state index contributed by atoms with van der Waals surface area (Å²) in [6.07, 6.45) is 13.5. The summed E-state index contributed by atoms with van der Waals surface area (Å²) in [6, 6.07) is 0.174. The Morgan fingerprint density at radius 3 is 1.76 bits per heavy atom. The summed E-state index contributed by atoms with van der Waals surface area (Å²) in [7, 11) is 0. The van der Waals surface area contributed by atoms with Gasteiger partial charge in [-0.05, 0) is 19.4 Å². The molecule has 0 unspecified atom stereocenters. The van der Waals surface area contributed by atoms with Crippen LogP contribution in [0.2, 0.25) is 0 Å². The number of carbonyl (C=O) groups is 2. The van der Waals surface area contributed by atoms with E-state index >= 15 is 0 Å². The first-order chi connectivity index (χ1) is 12.2. The van der Waals surface area contributed by atoms with E-state index in [1.165, 1.54) is 44.9 Å². The molecule has 5 nitrogen and oxygen atoms in total. The van der Waals surface area contributed by atoms with E-state index in [0.29, 0.717) is 13.1 Å². The lowest BCUT2D eigenvalue weighted by Crippen LogP contribution is -2.53. The number of hydrogen-bond acceptors (Lipinski definition) is 3. The molecule has 0 aromatic carbocycles. The molecule has 1 aliphatic carbocycles. The highest BCUT2D eigenvalue weighted by atomic mass is 16.2. The zero-order valence-electron chi connectivity index (χ0n) is 16.1. The average molecular weight is 352 g/mol. The second-order valence-electron chi connectivity index (χ2n) is 7.66. The van der Waals surface area contributed by atoms with Crippen LogP contribution >= 0.6 is 0 Å². The van der Waals surface area contributed by atoms with Gasteiger partial charge in [0.15, 0.2) is 0 Å². The van der Waals surface area contributed by atoms with E-state index in [1.807, 2.05) is 0 Å². The summed E-state index contributed by atoms with van der Waals surface area (Å²) in [4.78, 5) is 28.9. The Morgan fingerprint density at radius 2 is 1.28 bits per heavy atom. The molecule has 0 aromatic rings. The van der Waals surface area contributed by atoms with Crippen molar-refractivity contribution >= 4 is 11.8 Å². The number of amides is 2. The number of piperazine rings is 1. The predicted octanol–water partition coefficient (Wildman–Crippen LogP) is 2.94. The van der Waals surface area contributed by atoms with E-state index in [-0.39, 0.29) is 17.9 Å². The van der Waals surface area contributed by atoms with Gasteiger partial charge >= 0.3 is 11.8 Å². The van der Waals surface area contributed by atoms with Crippen LogP contribution in [0.3, 0.4) is 0 Å². The SMILES string of the molecule is CCN1CCN(C(=O)C(=O)NC2CCCCCCCCCCC2)CC1. The Kier molecular flexibility index (Phi) is 9.30. The summed E-state index contributed by atoms with van der Waals surface area (Å²) in [5.41, 5.74) is 0. The summed E-state index contributed by atoms with van der Waals surface area (Å²) in [5.74, 6) is -0.719. The standard InChI is InChI=1S/C20H37N3O2/c1-2-22-14-16-23(17-15-22)20(25)19(24)21-18-12-10-8-6-4-3-5-7-9-11-13-18/h18H,2-17H2,1H3,(H,21,24). The first kappa shape index (κ1) is 20.2. The molecule has 144 valence electrons. The number of nitrogens with one attached hydrogen (secondary N) is 1. The smallest absolute Gasteiger partial charge is 0.311 e. The highest BCUT2D eigenvalue weighted by Gasteiger charge is 2.26. The molecule has 1 saturated carbocycles. The number of rotatable bonds is 2. The van der Waals surface area contributed by atoms with Crippen LogP contribution in [0.5, 0.6) is 0 Å². The van der Waals surface area contributed by atoms with Gasteiger partial charge in [-0.25, -0.2) is 0 Å². The van der Waals surface area contributed by atoms with E-state index in [2.05, 4.69) is 17.1 Å². The maximum atomic E-state index is 12.4. The van der Waals surface area contributed by atoms with Gasteiger partial charge in [0.1, 0.15) is 0 Å². The maximum Gasteiger partial charge on any atom is 0.311 e. The van der Waals surface area contributed by atoms with Gasteiger partial charge in [-0.1, -0.05) is 64.7 Å². The van der Waals surface area contributed by atoms with Crippen molar-refractivity contribution in [3.05, 3.63) is 0 Å². The normalized spacial score (nSPS) is 22.7. The lowest BCUT2D eigenvalue weighted by atomic mass is 9.98. The minimum atomic E-state index is -0.387. The van der Waals surface area contributed by atoms with Gasteiger partial charge in [0.2, 0.25) is 0 Å². The van der Waals surface area contributed by atoms with Crippen LogP contribution in [0.4, 0.5) is 0 Å². The van der Waals surface area contributed by atoms with Gasteiger partial charge in [-0.15, -0.1) is 0 Å². The fourth-order valence-corrected chi connectivity index (χ4v) is 3.97. The van der Waals surface area contributed by atoms with Crippen molar-refractivity contribution in [3.63, 3.8) is 0 Å². The topological polar surface area (TPSA) is 52.7 Å². The van der Waals surface area contributed by atoms with E-state index in [1.54, 1.807) is 4.90 Å². The molecular weight excluding hydrogens is 314 g/mol. The first-order valence-corrected chi connectivity index (χ1v) is 10.5. The number of hydrogen-bond donors (Lipinski definition) is 1. The molecule has 1 heterocycles. The highest BCUT2D eigenvalue weighted by Crippen LogP contribution is 2.17. The molecule has 0 radical (unpaired) electrons. The number of likely N-dealkylation sites (N-methyl/N-ethyl adjacent to an activating group) is 1. The van der Waals surface area contributed by atoms with Crippen molar-refractivity contribution in [1.29, 1.82) is 0 Å². The fraction of sp³-hybridized carbons (Fsp3) is 0.900. The van der Waals surface area contributed by atoms with Crippen LogP contribution in [-0.4, -0.2) is 60.4 Å². The minimum absolute atomic E-state index is 0.174. The second-order valence-corrected chi connectivity index (χ2v) is 7.66. The van der Waals surface area contributed by atoms with E-state index in [9.17, 15) is 9.59 Å². The lowest BCUT2D eigenvalue weighted by Gasteiger charge is -2.33. The van der Waals surface area contributed by atoms with Crippen LogP contribution < -0.4 is 5.32 Å². The van der Waals surface area contributed by atoms with Crippen LogP contribution in [0, 0.1) is 0 Å². The minimum Gasteiger partial charge on any atom is -0.345 e. The third-order valence-corrected chi connectivity index (χ3v) is 5.74. The molecule has 1 saturated heterocycles. The molecular formula is C20H37N3O2. The van der Waals surface area contributed by atoms with Crippen LogP contribution in [-0.2, 0) is 9.59 Å². The lowest BCUT2D eigenvalue weighted by molar-refractivity contribution is -0.147. The van der Waals surface area contributed by atoms with E-state index in [0.717, 1.165) is 45.3 Å². The van der Waals surface area contributed by atoms with Crippen LogP contribution in [0.25, 0.3) is 0 Å². The highest BCUT2D eigenvalue weighted by molar-refractivity contribution is 6.35. The quantitative estimate of drug-likeness (QED) is 0.778. The largest absolute Gasteiger partial charge is 0.345 e. The Balaban J connectivity index is 1.78. The summed E-state index contributed by atoms with van der Waals surface area (Å²) < 4.78 is 0. The number of carbonyl (C=O) groups excluding carboxylic acids is 2. The average Bonchev–Trinajstić information content (AvgIpc) is 2.63. The van der Waals surface area contributed by atoms with Crippen LogP contribution in [0.1, 0.15) is 77.6 Å². The molecule has 0 aromatic heterocycles. The Morgan fingerprint density at radius 1 is 0.800 bits per heavy atom. The molecule has 5 heteroatoms. The van der Waals surface area contributed by atoms with Gasteiger partial charge in [0.05, 0.1) is 0 Å². The summed E-state index contributed by atoms with van der Waals surface area (Å²) >= 11 is 0. The van der Waals surface area contributed by atoms with Crippen LogP contribution in [0.15, 0.2) is 0 Å². The van der Waals surface area contributed by atoms with Crippen molar-refractivity contribution in [3.8, 4) is 0 Å². The first-order valence-electron chi connectivity index (χ1n) is 10.5. The molecule has 0 bridgehead atoms. The third kappa shape index (κ3) is 7.35. The summed E-state index contributed by atoms with van der Waals surface area (Å²) in [5, 5.41) is 3.05. The van der Waals surface area contributed by atoms with E-state index in [4.69, 9.17) is 0 Å².